The molecule has 5 heteroatoms. The minimum Gasteiger partial charge on any atom is -0.363 e. The van der Waals surface area contributed by atoms with E-state index in [1.807, 2.05) is 30.1 Å². The van der Waals surface area contributed by atoms with E-state index in [9.17, 15) is 0 Å². The van der Waals surface area contributed by atoms with Crippen LogP contribution in [0, 0.1) is 0 Å². The van der Waals surface area contributed by atoms with Crippen LogP contribution in [-0.4, -0.2) is 19.7 Å². The lowest BCUT2D eigenvalue weighted by atomic mass is 10.0. The number of aromatic nitrogens is 4. The predicted octanol–water partition coefficient (Wildman–Crippen LogP) is 3.05. The molecule has 0 aliphatic rings. The molecule has 1 N–H and O–H groups in total. The lowest BCUT2D eigenvalue weighted by Crippen LogP contribution is -2.08. The number of aryl methyl sites for hydroxylation is 1. The number of rotatable bonds is 4. The van der Waals surface area contributed by atoms with Crippen molar-refractivity contribution < 1.29 is 0 Å². The van der Waals surface area contributed by atoms with E-state index in [4.69, 9.17) is 0 Å². The van der Waals surface area contributed by atoms with Gasteiger partial charge in [-0.3, -0.25) is 4.68 Å². The highest BCUT2D eigenvalue weighted by molar-refractivity contribution is 5.60. The van der Waals surface area contributed by atoms with Gasteiger partial charge in [0.05, 0.1) is 5.69 Å². The van der Waals surface area contributed by atoms with E-state index < -0.39 is 0 Å². The van der Waals surface area contributed by atoms with Gasteiger partial charge in [0.1, 0.15) is 12.1 Å². The van der Waals surface area contributed by atoms with Gasteiger partial charge in [0, 0.05) is 31.0 Å². The average molecular weight is 279 g/mol. The van der Waals surface area contributed by atoms with Crippen molar-refractivity contribution in [1.82, 2.24) is 19.7 Å². The largest absolute Gasteiger partial charge is 0.363 e. The summed E-state index contributed by atoms with van der Waals surface area (Å²) in [5, 5.41) is 7.59. The van der Waals surface area contributed by atoms with Crippen LogP contribution in [0.2, 0.25) is 0 Å². The maximum atomic E-state index is 4.22. The lowest BCUT2D eigenvalue weighted by molar-refractivity contribution is 0.775. The molecule has 0 radical (unpaired) electrons. The highest BCUT2D eigenvalue weighted by Gasteiger charge is 2.09. The van der Waals surface area contributed by atoms with Crippen LogP contribution in [0.3, 0.4) is 0 Å². The van der Waals surface area contributed by atoms with Crippen LogP contribution in [-0.2, 0) is 7.05 Å². The third-order valence-corrected chi connectivity index (χ3v) is 3.45. The molecule has 0 unspecified atom stereocenters. The molecule has 5 nitrogen and oxygen atoms in total. The van der Waals surface area contributed by atoms with Crippen LogP contribution in [0.4, 0.5) is 5.82 Å². The first-order valence-electron chi connectivity index (χ1n) is 6.85. The van der Waals surface area contributed by atoms with Crippen molar-refractivity contribution in [2.24, 2.45) is 7.05 Å². The van der Waals surface area contributed by atoms with Gasteiger partial charge in [0.2, 0.25) is 0 Å². The van der Waals surface area contributed by atoms with Crippen LogP contribution in [0.5, 0.6) is 0 Å². The highest BCUT2D eigenvalue weighted by atomic mass is 15.3. The summed E-state index contributed by atoms with van der Waals surface area (Å²) in [6.07, 6.45) is 5.08. The minimum atomic E-state index is 0.160. The molecule has 0 amide bonds. The quantitative estimate of drug-likeness (QED) is 0.797. The topological polar surface area (TPSA) is 55.6 Å². The van der Waals surface area contributed by atoms with Gasteiger partial charge >= 0.3 is 0 Å². The Balaban J connectivity index is 1.84. The third kappa shape index (κ3) is 2.91. The summed E-state index contributed by atoms with van der Waals surface area (Å²) in [6, 6.07) is 12.5. The van der Waals surface area contributed by atoms with Crippen LogP contribution < -0.4 is 5.32 Å². The van der Waals surface area contributed by atoms with Crippen LogP contribution >= 0.6 is 0 Å². The molecule has 0 spiro atoms. The monoisotopic (exact) mass is 279 g/mol. The second-order valence-corrected chi connectivity index (χ2v) is 4.93. The van der Waals surface area contributed by atoms with Gasteiger partial charge in [-0.2, -0.15) is 5.10 Å². The van der Waals surface area contributed by atoms with E-state index in [2.05, 4.69) is 51.6 Å². The summed E-state index contributed by atoms with van der Waals surface area (Å²) in [5.74, 6) is 0.823. The molecular weight excluding hydrogens is 262 g/mol. The maximum absolute atomic E-state index is 4.22. The first kappa shape index (κ1) is 13.3. The molecule has 0 bridgehead atoms. The standard InChI is InChI=1S/C16H17N5/c1-12(20-16-7-8-17-11-18-16)13-4-3-5-14(10-13)15-6-9-19-21(15)2/h3-12H,1-2H3,(H,17,18,20)/t12-/m0/s1. The molecule has 1 atom stereocenters. The van der Waals surface area contributed by atoms with Crippen molar-refractivity contribution >= 4 is 5.82 Å². The van der Waals surface area contributed by atoms with Gasteiger partial charge in [-0.15, -0.1) is 0 Å². The van der Waals surface area contributed by atoms with Crippen molar-refractivity contribution in [2.75, 3.05) is 5.32 Å². The second-order valence-electron chi connectivity index (χ2n) is 4.93. The summed E-state index contributed by atoms with van der Waals surface area (Å²) in [4.78, 5) is 8.12. The molecule has 3 aromatic rings. The fourth-order valence-electron chi connectivity index (χ4n) is 2.31. The number of anilines is 1. The Bertz CT molecular complexity index is 720. The summed E-state index contributed by atoms with van der Waals surface area (Å²) in [7, 11) is 1.95. The van der Waals surface area contributed by atoms with E-state index in [0.717, 1.165) is 17.1 Å². The number of hydrogen-bond acceptors (Lipinski definition) is 4. The van der Waals surface area contributed by atoms with E-state index in [0.29, 0.717) is 0 Å². The van der Waals surface area contributed by atoms with Crippen molar-refractivity contribution in [3.8, 4) is 11.3 Å². The van der Waals surface area contributed by atoms with Crippen molar-refractivity contribution in [3.63, 3.8) is 0 Å². The number of hydrogen-bond donors (Lipinski definition) is 1. The normalized spacial score (nSPS) is 12.1. The molecule has 0 saturated heterocycles. The highest BCUT2D eigenvalue weighted by Crippen LogP contribution is 2.24. The van der Waals surface area contributed by atoms with E-state index in [1.54, 1.807) is 12.5 Å². The summed E-state index contributed by atoms with van der Waals surface area (Å²) in [6.45, 7) is 2.12. The molecule has 2 aromatic heterocycles. The Hall–Kier alpha value is -2.69. The molecule has 1 aromatic carbocycles. The van der Waals surface area contributed by atoms with Crippen LogP contribution in [0.1, 0.15) is 18.5 Å². The number of nitrogens with one attached hydrogen (secondary N) is 1. The van der Waals surface area contributed by atoms with Gasteiger partial charge in [-0.1, -0.05) is 18.2 Å². The number of benzene rings is 1. The van der Waals surface area contributed by atoms with E-state index in [-0.39, 0.29) is 6.04 Å². The molecule has 21 heavy (non-hydrogen) atoms. The Morgan fingerprint density at radius 3 is 2.76 bits per heavy atom. The Morgan fingerprint density at radius 1 is 1.14 bits per heavy atom. The van der Waals surface area contributed by atoms with Crippen LogP contribution in [0.15, 0.2) is 55.1 Å². The van der Waals surface area contributed by atoms with Crippen molar-refractivity contribution in [2.45, 2.75) is 13.0 Å². The molecular formula is C16H17N5. The van der Waals surface area contributed by atoms with Crippen LogP contribution in [0.25, 0.3) is 11.3 Å². The predicted molar refractivity (Wildman–Crippen MR) is 82.7 cm³/mol. The van der Waals surface area contributed by atoms with E-state index in [1.165, 1.54) is 5.56 Å². The minimum absolute atomic E-state index is 0.160. The lowest BCUT2D eigenvalue weighted by Gasteiger charge is -2.15. The summed E-state index contributed by atoms with van der Waals surface area (Å²) >= 11 is 0. The second kappa shape index (κ2) is 5.75. The van der Waals surface area contributed by atoms with Gasteiger partial charge in [-0.25, -0.2) is 9.97 Å². The summed E-state index contributed by atoms with van der Waals surface area (Å²) in [5.41, 5.74) is 3.46. The Morgan fingerprint density at radius 2 is 2.05 bits per heavy atom. The molecule has 3 rings (SSSR count). The molecule has 0 fully saturated rings. The zero-order valence-electron chi connectivity index (χ0n) is 12.1. The van der Waals surface area contributed by atoms with Gasteiger partial charge in [-0.05, 0) is 30.7 Å². The van der Waals surface area contributed by atoms with Crippen molar-refractivity contribution in [1.29, 1.82) is 0 Å². The molecule has 0 aliphatic heterocycles. The molecule has 0 saturated carbocycles. The summed E-state index contributed by atoms with van der Waals surface area (Å²) < 4.78 is 1.88. The zero-order valence-corrected chi connectivity index (χ0v) is 12.1. The maximum Gasteiger partial charge on any atom is 0.129 e. The third-order valence-electron chi connectivity index (χ3n) is 3.45. The number of nitrogens with zero attached hydrogens (tertiary/aromatic N) is 4. The van der Waals surface area contributed by atoms with Gasteiger partial charge in [0.25, 0.3) is 0 Å². The molecule has 106 valence electrons. The van der Waals surface area contributed by atoms with Crippen molar-refractivity contribution in [3.05, 3.63) is 60.7 Å². The first-order valence-corrected chi connectivity index (χ1v) is 6.85. The SMILES string of the molecule is C[C@H](Nc1ccncn1)c1cccc(-c2ccnn2C)c1. The Labute approximate surface area is 123 Å². The average Bonchev–Trinajstić information content (AvgIpc) is 2.94. The smallest absolute Gasteiger partial charge is 0.129 e. The van der Waals surface area contributed by atoms with Gasteiger partial charge in [0.15, 0.2) is 0 Å². The fourth-order valence-corrected chi connectivity index (χ4v) is 2.31. The molecule has 2 heterocycles. The molecule has 0 aliphatic carbocycles. The zero-order chi connectivity index (χ0) is 14.7. The Kier molecular flexibility index (Phi) is 3.64. The first-order chi connectivity index (χ1) is 10.2. The van der Waals surface area contributed by atoms with E-state index >= 15 is 0 Å². The van der Waals surface area contributed by atoms with Gasteiger partial charge < -0.3 is 5.32 Å². The fraction of sp³-hybridized carbons (Fsp3) is 0.188.